The van der Waals surface area contributed by atoms with Crippen molar-refractivity contribution in [1.82, 2.24) is 15.3 Å². The van der Waals surface area contributed by atoms with E-state index in [9.17, 15) is 9.18 Å². The van der Waals surface area contributed by atoms with E-state index in [1.54, 1.807) is 48.7 Å². The maximum absolute atomic E-state index is 13.6. The minimum Gasteiger partial charge on any atom is -0.457 e. The highest BCUT2D eigenvalue weighted by Gasteiger charge is 2.48. The molecule has 3 N–H and O–H groups in total. The number of nitrogens with one attached hydrogen (secondary N) is 3. The van der Waals surface area contributed by atoms with Crippen LogP contribution in [0.15, 0.2) is 91.1 Å². The fourth-order valence-corrected chi connectivity index (χ4v) is 4.72. The summed E-state index contributed by atoms with van der Waals surface area (Å²) in [6.45, 7) is 0.681. The molecule has 0 saturated carbocycles. The minimum absolute atomic E-state index is 0.204. The van der Waals surface area contributed by atoms with Crippen molar-refractivity contribution in [2.45, 2.75) is 24.3 Å². The van der Waals surface area contributed by atoms with E-state index in [2.05, 4.69) is 25.9 Å². The Balaban J connectivity index is 1.02. The smallest absolute Gasteiger partial charge is 0.319 e. The summed E-state index contributed by atoms with van der Waals surface area (Å²) >= 11 is 0. The summed E-state index contributed by atoms with van der Waals surface area (Å²) in [4.78, 5) is 21.5. The Morgan fingerprint density at radius 2 is 1.62 bits per heavy atom. The Bertz CT molecular complexity index is 1440. The van der Waals surface area contributed by atoms with Crippen LogP contribution in [0.25, 0.3) is 11.3 Å². The summed E-state index contributed by atoms with van der Waals surface area (Å²) in [6.07, 6.45) is 1.01. The van der Waals surface area contributed by atoms with E-state index in [1.165, 1.54) is 12.1 Å². The Hall–Kier alpha value is -4.54. The number of ether oxygens (including phenoxy) is 3. The summed E-state index contributed by atoms with van der Waals surface area (Å²) in [5.41, 5.74) is 1.89. The number of rotatable bonds is 7. The van der Waals surface area contributed by atoms with Gasteiger partial charge in [-0.15, -0.1) is 0 Å². The molecule has 2 aliphatic heterocycles. The molecule has 198 valence electrons. The molecular weight excluding hydrogens is 501 g/mol. The van der Waals surface area contributed by atoms with E-state index in [4.69, 9.17) is 14.2 Å². The first kappa shape index (κ1) is 24.8. The number of halogens is 1. The van der Waals surface area contributed by atoms with Gasteiger partial charge in [0, 0.05) is 17.4 Å². The van der Waals surface area contributed by atoms with Gasteiger partial charge < -0.3 is 30.2 Å². The van der Waals surface area contributed by atoms with Crippen molar-refractivity contribution in [2.75, 3.05) is 23.8 Å². The number of nitrogens with zero attached hydrogens (tertiary/aromatic N) is 2. The van der Waals surface area contributed by atoms with Crippen LogP contribution in [-0.4, -0.2) is 53.5 Å². The molecule has 9 nitrogen and oxygen atoms in total. The van der Waals surface area contributed by atoms with Crippen molar-refractivity contribution < 1.29 is 23.4 Å². The number of aromatic nitrogens is 2. The maximum atomic E-state index is 13.6. The minimum atomic E-state index is -0.355. The molecule has 3 aromatic carbocycles. The first-order chi connectivity index (χ1) is 19.1. The van der Waals surface area contributed by atoms with E-state index >= 15 is 0 Å². The average Bonchev–Trinajstić information content (AvgIpc) is 3.54. The van der Waals surface area contributed by atoms with E-state index in [-0.39, 0.29) is 36.1 Å². The summed E-state index contributed by atoms with van der Waals surface area (Å²) in [5, 5.41) is 9.05. The molecule has 39 heavy (non-hydrogen) atoms. The second-order valence-corrected chi connectivity index (χ2v) is 9.27. The number of hydrogen-bond donors (Lipinski definition) is 3. The molecule has 0 aliphatic carbocycles. The highest BCUT2D eigenvalue weighted by molar-refractivity contribution is 5.89. The van der Waals surface area contributed by atoms with Crippen molar-refractivity contribution in [3.63, 3.8) is 0 Å². The zero-order valence-electron chi connectivity index (χ0n) is 20.8. The zero-order chi connectivity index (χ0) is 26.6. The van der Waals surface area contributed by atoms with Crippen LogP contribution >= 0.6 is 0 Å². The Morgan fingerprint density at radius 3 is 2.41 bits per heavy atom. The van der Waals surface area contributed by atoms with E-state index in [1.807, 2.05) is 30.3 Å². The summed E-state index contributed by atoms with van der Waals surface area (Å²) in [7, 11) is 0. The zero-order valence-corrected chi connectivity index (χ0v) is 20.8. The van der Waals surface area contributed by atoms with Crippen molar-refractivity contribution in [3.05, 3.63) is 96.9 Å². The topological polar surface area (TPSA) is 107 Å². The Kier molecular flexibility index (Phi) is 7.03. The Morgan fingerprint density at radius 1 is 0.872 bits per heavy atom. The molecule has 0 spiro atoms. The molecule has 0 bridgehead atoms. The van der Waals surface area contributed by atoms with Crippen LogP contribution < -0.4 is 20.7 Å². The first-order valence-electron chi connectivity index (χ1n) is 12.6. The standard InChI is InChI=1S/C29H26FN5O4/c30-19-6-4-5-18(15-19)23-13-14-31-28(33-23)34-24-16-37-27-25(17-38-26(24)27)35-29(36)32-20-9-11-22(12-10-20)39-21-7-2-1-3-8-21/h1-15,24-27H,16-17H2,(H,31,33,34)(H2,32,35,36)/t24-,25-,26+,27+/m0/s1. The normalized spacial score (nSPS) is 21.7. The van der Waals surface area contributed by atoms with Gasteiger partial charge in [0.2, 0.25) is 5.95 Å². The number of urea groups is 1. The predicted octanol–water partition coefficient (Wildman–Crippen LogP) is 4.84. The van der Waals surface area contributed by atoms with Gasteiger partial charge in [-0.25, -0.2) is 19.2 Å². The molecule has 1 aromatic heterocycles. The lowest BCUT2D eigenvalue weighted by atomic mass is 10.1. The van der Waals surface area contributed by atoms with Crippen LogP contribution in [0.1, 0.15) is 0 Å². The lowest BCUT2D eigenvalue weighted by Gasteiger charge is -2.19. The molecule has 2 aliphatic rings. The molecular formula is C29H26FN5O4. The average molecular weight is 528 g/mol. The van der Waals surface area contributed by atoms with Gasteiger partial charge in [0.05, 0.1) is 31.0 Å². The van der Waals surface area contributed by atoms with E-state index < -0.39 is 0 Å². The second kappa shape index (κ2) is 11.1. The van der Waals surface area contributed by atoms with Crippen molar-refractivity contribution >= 4 is 17.7 Å². The summed E-state index contributed by atoms with van der Waals surface area (Å²) < 4.78 is 31.4. The highest BCUT2D eigenvalue weighted by atomic mass is 19.1. The molecule has 0 radical (unpaired) electrons. The molecule has 6 rings (SSSR count). The number of para-hydroxylation sites is 1. The number of benzene rings is 3. The number of hydrogen-bond acceptors (Lipinski definition) is 7. The monoisotopic (exact) mass is 527 g/mol. The van der Waals surface area contributed by atoms with Gasteiger partial charge in [0.15, 0.2) is 0 Å². The van der Waals surface area contributed by atoms with Gasteiger partial charge in [0.1, 0.15) is 29.5 Å². The largest absolute Gasteiger partial charge is 0.457 e. The Labute approximate surface area is 224 Å². The lowest BCUT2D eigenvalue weighted by Crippen LogP contribution is -2.46. The third kappa shape index (κ3) is 5.82. The highest BCUT2D eigenvalue weighted by Crippen LogP contribution is 2.29. The maximum Gasteiger partial charge on any atom is 0.319 e. The summed E-state index contributed by atoms with van der Waals surface area (Å²) in [5.74, 6) is 1.47. The van der Waals surface area contributed by atoms with E-state index in [0.29, 0.717) is 41.9 Å². The molecule has 3 heterocycles. The third-order valence-electron chi connectivity index (χ3n) is 6.55. The van der Waals surface area contributed by atoms with Crippen LogP contribution in [0.3, 0.4) is 0 Å². The number of anilines is 2. The lowest BCUT2D eigenvalue weighted by molar-refractivity contribution is 0.0683. The van der Waals surface area contributed by atoms with Crippen LogP contribution in [0.2, 0.25) is 0 Å². The van der Waals surface area contributed by atoms with Gasteiger partial charge in [-0.3, -0.25) is 0 Å². The molecule has 10 heteroatoms. The van der Waals surface area contributed by atoms with Gasteiger partial charge in [-0.05, 0) is 54.6 Å². The number of fused-ring (bicyclic) bond motifs is 1. The molecule has 0 unspecified atom stereocenters. The van der Waals surface area contributed by atoms with Crippen LogP contribution in [-0.2, 0) is 9.47 Å². The number of amides is 2. The van der Waals surface area contributed by atoms with Crippen LogP contribution in [0.4, 0.5) is 20.8 Å². The number of carbonyl (C=O) groups excluding carboxylic acids is 1. The third-order valence-corrected chi connectivity index (χ3v) is 6.55. The van der Waals surface area contributed by atoms with Gasteiger partial charge in [-0.2, -0.15) is 0 Å². The van der Waals surface area contributed by atoms with Crippen LogP contribution in [0, 0.1) is 5.82 Å². The van der Waals surface area contributed by atoms with Crippen LogP contribution in [0.5, 0.6) is 11.5 Å². The van der Waals surface area contributed by atoms with Gasteiger partial charge in [0.25, 0.3) is 0 Å². The number of carbonyl (C=O) groups is 1. The van der Waals surface area contributed by atoms with Gasteiger partial charge >= 0.3 is 6.03 Å². The predicted molar refractivity (Wildman–Crippen MR) is 143 cm³/mol. The van der Waals surface area contributed by atoms with Crippen molar-refractivity contribution in [1.29, 1.82) is 0 Å². The first-order valence-corrected chi connectivity index (χ1v) is 12.6. The van der Waals surface area contributed by atoms with Crippen molar-refractivity contribution in [2.24, 2.45) is 0 Å². The fraction of sp³-hybridized carbons (Fsp3) is 0.207. The van der Waals surface area contributed by atoms with E-state index in [0.717, 1.165) is 5.75 Å². The second-order valence-electron chi connectivity index (χ2n) is 9.27. The fourth-order valence-electron chi connectivity index (χ4n) is 4.72. The van der Waals surface area contributed by atoms with Gasteiger partial charge in [-0.1, -0.05) is 30.3 Å². The molecule has 2 amide bonds. The SMILES string of the molecule is O=C(Nc1ccc(Oc2ccccc2)cc1)N[C@H]1CO[C@H]2[C@@H]1OC[C@@H]2Nc1nccc(-c2cccc(F)c2)n1. The molecule has 4 aromatic rings. The quantitative estimate of drug-likeness (QED) is 0.316. The molecule has 4 atom stereocenters. The molecule has 2 saturated heterocycles. The van der Waals surface area contributed by atoms with Crippen molar-refractivity contribution in [3.8, 4) is 22.8 Å². The molecule has 2 fully saturated rings. The summed E-state index contributed by atoms with van der Waals surface area (Å²) in [6, 6.07) is 23.7.